The lowest BCUT2D eigenvalue weighted by atomic mass is 10.2. The summed E-state index contributed by atoms with van der Waals surface area (Å²) in [6.07, 6.45) is 1.62. The highest BCUT2D eigenvalue weighted by molar-refractivity contribution is 5.85. The largest absolute Gasteiger partial charge is 0.497 e. The van der Waals surface area contributed by atoms with Crippen molar-refractivity contribution < 1.29 is 19.4 Å². The summed E-state index contributed by atoms with van der Waals surface area (Å²) < 4.78 is 10.8. The number of hydrogen-bond acceptors (Lipinski definition) is 6. The molecule has 1 fully saturated rings. The molecule has 0 aliphatic carbocycles. The van der Waals surface area contributed by atoms with Crippen molar-refractivity contribution in [2.24, 2.45) is 0 Å². The fraction of sp³-hybridized carbons (Fsp3) is 0.333. The Balaban J connectivity index is 0.00000182. The minimum absolute atomic E-state index is 0. The summed E-state index contributed by atoms with van der Waals surface area (Å²) >= 11 is 0. The quantitative estimate of drug-likeness (QED) is 0.668. The molecule has 2 aromatic rings. The zero-order chi connectivity index (χ0) is 17.6. The van der Waals surface area contributed by atoms with Gasteiger partial charge in [0.05, 0.1) is 19.3 Å². The van der Waals surface area contributed by atoms with Crippen molar-refractivity contribution in [2.45, 2.75) is 25.1 Å². The number of halogens is 2. The normalized spacial score (nSPS) is 18.0. The topological polar surface area (TPSA) is 92.7 Å². The molecule has 1 saturated heterocycles. The maximum atomic E-state index is 12.1. The van der Waals surface area contributed by atoms with E-state index in [2.05, 4.69) is 15.6 Å². The number of aliphatic hydroxyl groups is 1. The highest BCUT2D eigenvalue weighted by atomic mass is 35.5. The first kappa shape index (κ1) is 23.0. The van der Waals surface area contributed by atoms with Crippen molar-refractivity contribution in [3.63, 3.8) is 0 Å². The van der Waals surface area contributed by atoms with Crippen LogP contribution in [-0.4, -0.2) is 41.8 Å². The lowest BCUT2D eigenvalue weighted by molar-refractivity contribution is -0.123. The summed E-state index contributed by atoms with van der Waals surface area (Å²) in [5.41, 5.74) is 0.880. The molecule has 0 spiro atoms. The van der Waals surface area contributed by atoms with Crippen LogP contribution in [0.5, 0.6) is 17.4 Å². The van der Waals surface area contributed by atoms with E-state index < -0.39 is 6.10 Å². The van der Waals surface area contributed by atoms with Gasteiger partial charge >= 0.3 is 0 Å². The zero-order valence-corrected chi connectivity index (χ0v) is 16.4. The molecule has 1 aliphatic heterocycles. The van der Waals surface area contributed by atoms with E-state index in [9.17, 15) is 9.90 Å². The SMILES string of the molecule is COc1ccc(Oc2cc(CNC(=O)C3CC(O)CN3)ccn2)cc1.Cl.Cl. The molecule has 27 heavy (non-hydrogen) atoms. The van der Waals surface area contributed by atoms with Crippen LogP contribution in [0.25, 0.3) is 0 Å². The number of carbonyl (C=O) groups excluding carboxylic acids is 1. The number of β-amino-alcohol motifs (C(OH)–C–C–N with tert-alkyl or cyclic N) is 1. The number of nitrogens with zero attached hydrogens (tertiary/aromatic N) is 1. The van der Waals surface area contributed by atoms with Gasteiger partial charge in [0, 0.05) is 25.4 Å². The van der Waals surface area contributed by atoms with Gasteiger partial charge in [0.15, 0.2) is 0 Å². The second-order valence-electron chi connectivity index (χ2n) is 5.85. The van der Waals surface area contributed by atoms with Gasteiger partial charge in [-0.05, 0) is 42.3 Å². The van der Waals surface area contributed by atoms with Crippen molar-refractivity contribution in [1.29, 1.82) is 0 Å². The third kappa shape index (κ3) is 6.55. The van der Waals surface area contributed by atoms with Crippen LogP contribution in [0.2, 0.25) is 0 Å². The van der Waals surface area contributed by atoms with Crippen LogP contribution in [0.1, 0.15) is 12.0 Å². The molecule has 3 rings (SSSR count). The van der Waals surface area contributed by atoms with E-state index >= 15 is 0 Å². The molecular weight excluding hydrogens is 393 g/mol. The Hall–Kier alpha value is -2.06. The van der Waals surface area contributed by atoms with Gasteiger partial charge in [-0.15, -0.1) is 24.8 Å². The fourth-order valence-electron chi connectivity index (χ4n) is 2.61. The summed E-state index contributed by atoms with van der Waals surface area (Å²) in [7, 11) is 1.61. The number of aliphatic hydroxyl groups excluding tert-OH is 1. The van der Waals surface area contributed by atoms with E-state index in [-0.39, 0.29) is 36.8 Å². The van der Waals surface area contributed by atoms with E-state index in [1.807, 2.05) is 18.2 Å². The summed E-state index contributed by atoms with van der Waals surface area (Å²) in [4.78, 5) is 16.2. The van der Waals surface area contributed by atoms with Gasteiger partial charge < -0.3 is 25.2 Å². The third-order valence-corrected chi connectivity index (χ3v) is 3.97. The van der Waals surface area contributed by atoms with Crippen molar-refractivity contribution in [3.05, 3.63) is 48.2 Å². The molecular formula is C18H23Cl2N3O4. The monoisotopic (exact) mass is 415 g/mol. The van der Waals surface area contributed by atoms with E-state index in [1.54, 1.807) is 31.5 Å². The Morgan fingerprint density at radius 3 is 2.59 bits per heavy atom. The number of methoxy groups -OCH3 is 1. The molecule has 0 saturated carbocycles. The molecule has 1 aromatic carbocycles. The zero-order valence-electron chi connectivity index (χ0n) is 14.8. The summed E-state index contributed by atoms with van der Waals surface area (Å²) in [5, 5.41) is 15.3. The van der Waals surface area contributed by atoms with E-state index in [0.717, 1.165) is 11.3 Å². The molecule has 2 unspecified atom stereocenters. The highest BCUT2D eigenvalue weighted by Crippen LogP contribution is 2.22. The van der Waals surface area contributed by atoms with E-state index in [1.165, 1.54) is 0 Å². The molecule has 3 N–H and O–H groups in total. The van der Waals surface area contributed by atoms with Gasteiger partial charge in [0.2, 0.25) is 11.8 Å². The molecule has 148 valence electrons. The second-order valence-corrected chi connectivity index (χ2v) is 5.85. The lowest BCUT2D eigenvalue weighted by Gasteiger charge is -2.11. The van der Waals surface area contributed by atoms with Crippen molar-refractivity contribution in [3.8, 4) is 17.4 Å². The van der Waals surface area contributed by atoms with Crippen LogP contribution in [0.4, 0.5) is 0 Å². The minimum Gasteiger partial charge on any atom is -0.497 e. The molecule has 0 bridgehead atoms. The number of pyridine rings is 1. The van der Waals surface area contributed by atoms with Crippen LogP contribution >= 0.6 is 24.8 Å². The van der Waals surface area contributed by atoms with Crippen LogP contribution in [0.3, 0.4) is 0 Å². The van der Waals surface area contributed by atoms with Gasteiger partial charge in [-0.25, -0.2) is 4.98 Å². The van der Waals surface area contributed by atoms with Crippen LogP contribution in [0.15, 0.2) is 42.6 Å². The molecule has 2 atom stereocenters. The number of rotatable bonds is 6. The number of hydrogen-bond donors (Lipinski definition) is 3. The smallest absolute Gasteiger partial charge is 0.237 e. The van der Waals surface area contributed by atoms with Crippen LogP contribution < -0.4 is 20.1 Å². The predicted molar refractivity (Wildman–Crippen MR) is 106 cm³/mol. The number of ether oxygens (including phenoxy) is 2. The van der Waals surface area contributed by atoms with E-state index in [0.29, 0.717) is 31.1 Å². The van der Waals surface area contributed by atoms with Crippen molar-refractivity contribution in [1.82, 2.24) is 15.6 Å². The van der Waals surface area contributed by atoms with Crippen molar-refractivity contribution in [2.75, 3.05) is 13.7 Å². The summed E-state index contributed by atoms with van der Waals surface area (Å²) in [6.45, 7) is 0.821. The molecule has 0 radical (unpaired) electrons. The average molecular weight is 416 g/mol. The number of nitrogens with one attached hydrogen (secondary N) is 2. The van der Waals surface area contributed by atoms with Crippen LogP contribution in [-0.2, 0) is 11.3 Å². The van der Waals surface area contributed by atoms with Gasteiger partial charge in [-0.3, -0.25) is 4.79 Å². The Labute approximate surface area is 170 Å². The third-order valence-electron chi connectivity index (χ3n) is 3.97. The van der Waals surface area contributed by atoms with Gasteiger partial charge in [0.25, 0.3) is 0 Å². The molecule has 7 nitrogen and oxygen atoms in total. The first-order valence-corrected chi connectivity index (χ1v) is 8.10. The Kier molecular flexibility index (Phi) is 9.31. The maximum absolute atomic E-state index is 12.1. The van der Waals surface area contributed by atoms with Gasteiger partial charge in [0.1, 0.15) is 11.5 Å². The maximum Gasteiger partial charge on any atom is 0.237 e. The average Bonchev–Trinajstić information content (AvgIpc) is 3.07. The number of aromatic nitrogens is 1. The lowest BCUT2D eigenvalue weighted by Crippen LogP contribution is -2.40. The Morgan fingerprint density at radius 1 is 1.26 bits per heavy atom. The number of benzene rings is 1. The van der Waals surface area contributed by atoms with Gasteiger partial charge in [-0.2, -0.15) is 0 Å². The van der Waals surface area contributed by atoms with E-state index in [4.69, 9.17) is 9.47 Å². The highest BCUT2D eigenvalue weighted by Gasteiger charge is 2.27. The molecule has 1 amide bonds. The second kappa shape index (κ2) is 10.9. The molecule has 1 aliphatic rings. The minimum atomic E-state index is -0.457. The van der Waals surface area contributed by atoms with Crippen LogP contribution in [0, 0.1) is 0 Å². The summed E-state index contributed by atoms with van der Waals surface area (Å²) in [6, 6.07) is 10.5. The first-order chi connectivity index (χ1) is 12.1. The fourth-order valence-corrected chi connectivity index (χ4v) is 2.61. The predicted octanol–water partition coefficient (Wildman–Crippen LogP) is 2.07. The number of amides is 1. The number of carbonyl (C=O) groups is 1. The molecule has 9 heteroatoms. The molecule has 1 aromatic heterocycles. The first-order valence-electron chi connectivity index (χ1n) is 8.10. The Morgan fingerprint density at radius 2 is 1.96 bits per heavy atom. The Bertz CT molecular complexity index is 731. The standard InChI is InChI=1S/C18H21N3O4.2ClH/c1-24-14-2-4-15(5-3-14)25-17-8-12(6-7-19-17)10-21-18(23)16-9-13(22)11-20-16;;/h2-8,13,16,20,22H,9-11H2,1H3,(H,21,23);2*1H. The summed E-state index contributed by atoms with van der Waals surface area (Å²) in [5.74, 6) is 1.73. The molecule has 2 heterocycles. The van der Waals surface area contributed by atoms with Gasteiger partial charge in [-0.1, -0.05) is 0 Å². The van der Waals surface area contributed by atoms with Crippen molar-refractivity contribution >= 4 is 30.7 Å².